The molecule has 28 heteroatoms. The highest BCUT2D eigenvalue weighted by Gasteiger charge is 2.28. The van der Waals surface area contributed by atoms with Crippen molar-refractivity contribution in [3.63, 3.8) is 0 Å². The molecule has 6 aromatic carbocycles. The Morgan fingerprint density at radius 1 is 0.500 bits per heavy atom. The van der Waals surface area contributed by atoms with Crippen molar-refractivity contribution in [3.05, 3.63) is 82.8 Å². The van der Waals surface area contributed by atoms with E-state index in [1.54, 1.807) is 0 Å². The summed E-state index contributed by atoms with van der Waals surface area (Å²) in [6.07, 6.45) is 0. The van der Waals surface area contributed by atoms with E-state index < -0.39 is 106 Å². The maximum Gasteiger partial charge on any atom is 0.296 e. The van der Waals surface area contributed by atoms with Crippen LogP contribution in [0.3, 0.4) is 0 Å². The number of rotatable bonds is 11. The number of hydrogen-bond donors (Lipinski definition) is 8. The number of fused-ring (bicyclic) bond motifs is 2. The molecule has 0 aromatic heterocycles. The summed E-state index contributed by atoms with van der Waals surface area (Å²) in [5, 5.41) is 39.8. The number of nitrogens with one attached hydrogen (secondary N) is 2. The Hall–Kier alpha value is -6.20. The van der Waals surface area contributed by atoms with E-state index in [1.807, 2.05) is 0 Å². The van der Waals surface area contributed by atoms with Crippen LogP contribution in [0.25, 0.3) is 32.7 Å². The van der Waals surface area contributed by atoms with Crippen molar-refractivity contribution in [1.29, 1.82) is 0 Å². The number of carbonyl (C=O) groups excluding carboxylic acids is 2. The van der Waals surface area contributed by atoms with Crippen molar-refractivity contribution in [2.24, 2.45) is 20.5 Å². The second kappa shape index (κ2) is 17.1. The Bertz CT molecular complexity index is 3340. The fourth-order valence-corrected chi connectivity index (χ4v) is 8.98. The van der Waals surface area contributed by atoms with Crippen LogP contribution in [0.1, 0.15) is 13.8 Å². The molecule has 0 heterocycles. The highest BCUT2D eigenvalue weighted by molar-refractivity contribution is 7.86. The van der Waals surface area contributed by atoms with Crippen molar-refractivity contribution in [2.75, 3.05) is 10.6 Å². The zero-order valence-corrected chi connectivity index (χ0v) is 36.6. The molecule has 6 aromatic rings. The number of phenolic OH excluding ortho intramolecular Hbond substituents is 2. The van der Waals surface area contributed by atoms with Crippen LogP contribution in [0, 0.1) is 0 Å². The summed E-state index contributed by atoms with van der Waals surface area (Å²) in [5.74, 6) is -3.19. The normalized spacial score (nSPS) is 12.7. The first-order valence-corrected chi connectivity index (χ1v) is 23.6. The number of amides is 2. The molecule has 0 spiro atoms. The van der Waals surface area contributed by atoms with E-state index in [2.05, 4.69) is 31.1 Å². The minimum Gasteiger partial charge on any atom is -0.507 e. The first kappa shape index (κ1) is 47.3. The molecule has 0 saturated heterocycles. The van der Waals surface area contributed by atoms with Crippen molar-refractivity contribution in [2.45, 2.75) is 33.4 Å². The van der Waals surface area contributed by atoms with Gasteiger partial charge in [-0.15, -0.1) is 20.5 Å². The van der Waals surface area contributed by atoms with Crippen LogP contribution in [0.15, 0.2) is 113 Å². The van der Waals surface area contributed by atoms with Crippen LogP contribution in [-0.2, 0) is 50.1 Å². The fraction of sp³-hybridized carbons (Fsp3) is 0.0556. The second-order valence-electron chi connectivity index (χ2n) is 13.3. The summed E-state index contributed by atoms with van der Waals surface area (Å²) in [7, 11) is -20.5. The van der Waals surface area contributed by atoms with Crippen molar-refractivity contribution in [1.82, 2.24) is 0 Å². The lowest BCUT2D eigenvalue weighted by atomic mass is 10.0. The van der Waals surface area contributed by atoms with Crippen LogP contribution in [-0.4, -0.2) is 73.9 Å². The van der Waals surface area contributed by atoms with Crippen LogP contribution >= 0.6 is 23.2 Å². The molecule has 8 N–H and O–H groups in total. The SMILES string of the molecule is CC(=O)Nc1cc(S(=O)(=O)O)cc2c(N=Nc3ccc(-c4ccc(N=Nc5c(S(=O)(=O)O)cc(O)c6c(NC(C)=O)cc(S(=O)(=O)O)cc56)c(Cl)c4)cc3Cl)c(S(=O)(=O)O)cc(O)c12. The number of azo groups is 2. The molecular formula is C36H26Cl2N6O16S4. The lowest BCUT2D eigenvalue weighted by Crippen LogP contribution is -2.08. The largest absolute Gasteiger partial charge is 0.507 e. The van der Waals surface area contributed by atoms with Gasteiger partial charge in [-0.3, -0.25) is 27.8 Å². The van der Waals surface area contributed by atoms with Gasteiger partial charge in [0.05, 0.1) is 31.2 Å². The third-order valence-electron chi connectivity index (χ3n) is 8.77. The van der Waals surface area contributed by atoms with Gasteiger partial charge in [0.2, 0.25) is 11.8 Å². The molecule has 22 nitrogen and oxygen atoms in total. The van der Waals surface area contributed by atoms with Gasteiger partial charge < -0.3 is 20.8 Å². The molecule has 0 bridgehead atoms. The maximum atomic E-state index is 12.4. The van der Waals surface area contributed by atoms with Crippen molar-refractivity contribution in [3.8, 4) is 22.6 Å². The van der Waals surface area contributed by atoms with E-state index in [1.165, 1.54) is 36.4 Å². The van der Waals surface area contributed by atoms with Gasteiger partial charge in [-0.05, 0) is 59.7 Å². The Labute approximate surface area is 370 Å². The summed E-state index contributed by atoms with van der Waals surface area (Å²) < 4.78 is 138. The van der Waals surface area contributed by atoms with Gasteiger partial charge in [0, 0.05) is 47.5 Å². The molecule has 0 radical (unpaired) electrons. The molecule has 0 aliphatic heterocycles. The van der Waals surface area contributed by atoms with Crippen LogP contribution in [0.4, 0.5) is 34.1 Å². The Kier molecular flexibility index (Phi) is 12.6. The third kappa shape index (κ3) is 9.95. The predicted molar refractivity (Wildman–Crippen MR) is 229 cm³/mol. The number of anilines is 2. The van der Waals surface area contributed by atoms with Crippen LogP contribution in [0.5, 0.6) is 11.5 Å². The Morgan fingerprint density at radius 3 is 1.12 bits per heavy atom. The van der Waals surface area contributed by atoms with E-state index in [4.69, 9.17) is 23.2 Å². The number of aromatic hydroxyl groups is 2. The van der Waals surface area contributed by atoms with E-state index in [0.717, 1.165) is 38.1 Å². The summed E-state index contributed by atoms with van der Waals surface area (Å²) >= 11 is 13.0. The molecule has 0 atom stereocenters. The average Bonchev–Trinajstić information content (AvgIpc) is 3.15. The summed E-state index contributed by atoms with van der Waals surface area (Å²) in [6.45, 7) is 2.09. The number of benzene rings is 6. The third-order valence-corrected chi connectivity index (χ3v) is 12.8. The fourth-order valence-electron chi connectivity index (χ4n) is 6.17. The number of nitrogens with zero attached hydrogens (tertiary/aromatic N) is 4. The molecule has 0 aliphatic rings. The molecular weight excluding hydrogens is 972 g/mol. The summed E-state index contributed by atoms with van der Waals surface area (Å²) in [4.78, 5) is 20.0. The van der Waals surface area contributed by atoms with Gasteiger partial charge in [-0.1, -0.05) is 35.3 Å². The number of carbonyl (C=O) groups is 2. The highest BCUT2D eigenvalue weighted by Crippen LogP contribution is 2.47. The summed E-state index contributed by atoms with van der Waals surface area (Å²) in [5.41, 5.74) is -1.78. The Balaban J connectivity index is 1.42. The van der Waals surface area contributed by atoms with Gasteiger partial charge in [0.25, 0.3) is 40.5 Å². The van der Waals surface area contributed by atoms with Gasteiger partial charge >= 0.3 is 0 Å². The number of phenols is 2. The molecule has 2 amide bonds. The standard InChI is InChI=1S/C36H26Cl2N6O16S4/c1-15(45)39-27-11-19(61(49,50)51)9-21-33(27)29(47)13-31(63(55,56)57)35(21)43-41-25-5-3-17(7-23(25)37)18-4-6-26(24(38)8-18)42-44-36-22-10-20(62(52,53)54)12-28(40-16(2)46)34(22)30(48)14-32(36)64(58,59)60/h3-14,47-48H,1-2H3,(H,39,45)(H,40,46)(H,49,50,51)(H,52,53,54)(H,55,56,57)(H,58,59,60). The van der Waals surface area contributed by atoms with E-state index in [0.29, 0.717) is 23.3 Å². The average molecular weight is 998 g/mol. The number of halogens is 2. The molecule has 0 fully saturated rings. The topological polar surface area (TPSA) is 366 Å². The molecule has 334 valence electrons. The lowest BCUT2D eigenvalue weighted by Gasteiger charge is -2.14. The maximum absolute atomic E-state index is 12.4. The van der Waals surface area contributed by atoms with E-state index >= 15 is 0 Å². The monoisotopic (exact) mass is 996 g/mol. The lowest BCUT2D eigenvalue weighted by molar-refractivity contribution is -0.115. The molecule has 6 rings (SSSR count). The minimum absolute atomic E-state index is 0.130. The zero-order valence-electron chi connectivity index (χ0n) is 31.9. The smallest absolute Gasteiger partial charge is 0.296 e. The Morgan fingerprint density at radius 2 is 0.844 bits per heavy atom. The molecule has 64 heavy (non-hydrogen) atoms. The van der Waals surface area contributed by atoms with E-state index in [9.17, 15) is 71.7 Å². The molecule has 0 saturated carbocycles. The van der Waals surface area contributed by atoms with Crippen LogP contribution in [0.2, 0.25) is 10.0 Å². The molecule has 0 aliphatic carbocycles. The zero-order chi connectivity index (χ0) is 47.4. The highest BCUT2D eigenvalue weighted by atomic mass is 35.5. The van der Waals surface area contributed by atoms with E-state index in [-0.39, 0.29) is 43.6 Å². The van der Waals surface area contributed by atoms with Gasteiger partial charge in [0.15, 0.2) is 0 Å². The van der Waals surface area contributed by atoms with Gasteiger partial charge in [-0.25, -0.2) is 0 Å². The van der Waals surface area contributed by atoms with Crippen molar-refractivity contribution >= 4 is 131 Å². The minimum atomic E-state index is -5.22. The molecule has 0 unspecified atom stereocenters. The van der Waals surface area contributed by atoms with Gasteiger partial charge in [-0.2, -0.15) is 33.7 Å². The van der Waals surface area contributed by atoms with Gasteiger partial charge in [0.1, 0.15) is 44.0 Å². The van der Waals surface area contributed by atoms with Crippen molar-refractivity contribution < 1.29 is 71.7 Å². The van der Waals surface area contributed by atoms with Crippen LogP contribution < -0.4 is 10.6 Å². The quantitative estimate of drug-likeness (QED) is 0.0448. The number of hydrogen-bond acceptors (Lipinski definition) is 16. The first-order valence-electron chi connectivity index (χ1n) is 17.1. The summed E-state index contributed by atoms with van der Waals surface area (Å²) in [6, 6.07) is 12.4. The second-order valence-corrected chi connectivity index (χ2v) is 19.7. The first-order chi connectivity index (χ1) is 29.5. The predicted octanol–water partition coefficient (Wildman–Crippen LogP) is 8.11.